The van der Waals surface area contributed by atoms with Gasteiger partial charge in [-0.1, -0.05) is 85.8 Å². The molecule has 0 aliphatic carbocycles. The molecule has 0 aromatic heterocycles. The predicted octanol–water partition coefficient (Wildman–Crippen LogP) is 4.59. The summed E-state index contributed by atoms with van der Waals surface area (Å²) in [5.74, 6) is -3.44. The first-order valence-corrected chi connectivity index (χ1v) is 13.8. The van der Waals surface area contributed by atoms with Crippen molar-refractivity contribution in [2.75, 3.05) is 12.4 Å². The van der Waals surface area contributed by atoms with Crippen molar-refractivity contribution < 1.29 is 29.0 Å². The van der Waals surface area contributed by atoms with E-state index in [4.69, 9.17) is 4.74 Å². The third-order valence-electron chi connectivity index (χ3n) is 6.11. The van der Waals surface area contributed by atoms with E-state index in [1.807, 2.05) is 91.0 Å². The second-order valence-electron chi connectivity index (χ2n) is 9.33. The lowest BCUT2D eigenvalue weighted by molar-refractivity contribution is -0.153. The zero-order valence-electron chi connectivity index (χ0n) is 21.8. The number of carbonyl (C=O) groups is 4. The van der Waals surface area contributed by atoms with Gasteiger partial charge in [-0.2, -0.15) is 0 Å². The first-order chi connectivity index (χ1) is 18.8. The molecule has 204 valence electrons. The van der Waals surface area contributed by atoms with Crippen molar-refractivity contribution >= 4 is 35.4 Å². The maximum Gasteiger partial charge on any atom is 0.310 e. The highest BCUT2D eigenvalue weighted by Crippen LogP contribution is 2.20. The van der Waals surface area contributed by atoms with Gasteiger partial charge in [0.15, 0.2) is 12.4 Å². The van der Waals surface area contributed by atoms with Crippen LogP contribution in [0.4, 0.5) is 0 Å². The summed E-state index contributed by atoms with van der Waals surface area (Å²) < 4.78 is 5.38. The maximum atomic E-state index is 13.1. The van der Waals surface area contributed by atoms with Crippen molar-refractivity contribution in [2.24, 2.45) is 11.8 Å². The Hall–Kier alpha value is -3.91. The number of benzene rings is 3. The van der Waals surface area contributed by atoms with Gasteiger partial charge in [-0.25, -0.2) is 0 Å². The highest BCUT2D eigenvalue weighted by molar-refractivity contribution is 7.99. The molecule has 0 radical (unpaired) electrons. The lowest BCUT2D eigenvalue weighted by Crippen LogP contribution is -2.46. The molecule has 8 heteroatoms. The standard InChI is InChI=1S/C31H33NO6S/c1-22(21-39-26-15-9-4-10-16-26)30(36)32-27(19-29(34)35)28(33)20-38-31(37)25(17-23-11-5-2-6-12-23)18-24-13-7-3-8-14-24/h2-16,22,25,27H,17-21H2,1H3,(H,32,36)(H,34,35). The summed E-state index contributed by atoms with van der Waals surface area (Å²) in [6.07, 6.45) is 0.251. The van der Waals surface area contributed by atoms with Crippen LogP contribution in [0.15, 0.2) is 95.9 Å². The van der Waals surface area contributed by atoms with Gasteiger partial charge in [0.1, 0.15) is 6.04 Å². The van der Waals surface area contributed by atoms with Gasteiger partial charge >= 0.3 is 11.9 Å². The highest BCUT2D eigenvalue weighted by Gasteiger charge is 2.28. The number of ether oxygens (including phenoxy) is 1. The number of carboxylic acid groups (broad SMARTS) is 1. The zero-order chi connectivity index (χ0) is 28.0. The second kappa shape index (κ2) is 15.5. The van der Waals surface area contributed by atoms with Crippen molar-refractivity contribution in [1.29, 1.82) is 0 Å². The minimum atomic E-state index is -1.30. The highest BCUT2D eigenvalue weighted by atomic mass is 32.2. The summed E-state index contributed by atoms with van der Waals surface area (Å²) in [5, 5.41) is 11.9. The number of hydrogen-bond donors (Lipinski definition) is 2. The van der Waals surface area contributed by atoms with E-state index in [1.54, 1.807) is 6.92 Å². The van der Waals surface area contributed by atoms with Gasteiger partial charge in [0.05, 0.1) is 12.3 Å². The SMILES string of the molecule is CC(CSc1ccccc1)C(=O)NC(CC(=O)O)C(=O)COC(=O)C(Cc1ccccc1)Cc1ccccc1. The Kier molecular flexibility index (Phi) is 11.8. The van der Waals surface area contributed by atoms with Gasteiger partial charge in [0.2, 0.25) is 5.91 Å². The fourth-order valence-electron chi connectivity index (χ4n) is 3.94. The summed E-state index contributed by atoms with van der Waals surface area (Å²) in [6.45, 7) is 1.09. The third-order valence-corrected chi connectivity index (χ3v) is 7.39. The summed E-state index contributed by atoms with van der Waals surface area (Å²) in [7, 11) is 0. The van der Waals surface area contributed by atoms with Crippen LogP contribution in [0, 0.1) is 11.8 Å². The summed E-state index contributed by atoms with van der Waals surface area (Å²) in [5.41, 5.74) is 1.92. The third kappa shape index (κ3) is 10.4. The van der Waals surface area contributed by atoms with Crippen LogP contribution in [0.1, 0.15) is 24.5 Å². The molecule has 0 bridgehead atoms. The molecular weight excluding hydrogens is 514 g/mol. The smallest absolute Gasteiger partial charge is 0.310 e. The van der Waals surface area contributed by atoms with Crippen LogP contribution >= 0.6 is 11.8 Å². The van der Waals surface area contributed by atoms with Gasteiger partial charge in [-0.05, 0) is 36.1 Å². The molecule has 0 saturated heterocycles. The summed E-state index contributed by atoms with van der Waals surface area (Å²) in [6, 6.07) is 27.3. The maximum absolute atomic E-state index is 13.1. The molecule has 3 aromatic carbocycles. The van der Waals surface area contributed by atoms with Crippen molar-refractivity contribution in [3.05, 3.63) is 102 Å². The number of Topliss-reactive ketones (excluding diaryl/α,β-unsaturated/α-hetero) is 1. The van der Waals surface area contributed by atoms with Crippen LogP contribution in [-0.2, 0) is 36.8 Å². The minimum absolute atomic E-state index is 0.425. The molecule has 0 fully saturated rings. The normalized spacial score (nSPS) is 12.4. The molecule has 2 N–H and O–H groups in total. The fraction of sp³-hybridized carbons (Fsp3) is 0.290. The molecule has 0 saturated carbocycles. The number of amides is 1. The number of esters is 1. The molecular formula is C31H33NO6S. The number of thioether (sulfide) groups is 1. The lowest BCUT2D eigenvalue weighted by Gasteiger charge is -2.20. The van der Waals surface area contributed by atoms with Crippen LogP contribution in [0.25, 0.3) is 0 Å². The molecule has 0 spiro atoms. The largest absolute Gasteiger partial charge is 0.481 e. The average molecular weight is 548 g/mol. The molecule has 0 aliphatic heterocycles. The van der Waals surface area contributed by atoms with E-state index in [9.17, 15) is 24.3 Å². The van der Waals surface area contributed by atoms with Crippen LogP contribution < -0.4 is 5.32 Å². The van der Waals surface area contributed by atoms with Crippen molar-refractivity contribution in [3.8, 4) is 0 Å². The molecule has 2 atom stereocenters. The van der Waals surface area contributed by atoms with Crippen LogP contribution in [0.3, 0.4) is 0 Å². The van der Waals surface area contributed by atoms with E-state index in [2.05, 4.69) is 5.32 Å². The number of carbonyl (C=O) groups excluding carboxylic acids is 3. The molecule has 0 aliphatic rings. The van der Waals surface area contributed by atoms with Crippen molar-refractivity contribution in [3.63, 3.8) is 0 Å². The Morgan fingerprint density at radius 2 is 1.33 bits per heavy atom. The van der Waals surface area contributed by atoms with Gasteiger partial charge in [-0.3, -0.25) is 19.2 Å². The van der Waals surface area contributed by atoms with E-state index < -0.39 is 54.5 Å². The topological polar surface area (TPSA) is 110 Å². The minimum Gasteiger partial charge on any atom is -0.481 e. The van der Waals surface area contributed by atoms with Crippen molar-refractivity contribution in [2.45, 2.75) is 37.1 Å². The fourth-order valence-corrected chi connectivity index (χ4v) is 4.89. The Bertz CT molecular complexity index is 1180. The number of carboxylic acids is 1. The number of rotatable bonds is 15. The van der Waals surface area contributed by atoms with Crippen LogP contribution in [0.5, 0.6) is 0 Å². The Morgan fingerprint density at radius 3 is 1.85 bits per heavy atom. The zero-order valence-corrected chi connectivity index (χ0v) is 22.6. The molecule has 7 nitrogen and oxygen atoms in total. The Labute approximate surface area is 233 Å². The second-order valence-corrected chi connectivity index (χ2v) is 10.4. The molecule has 1 amide bonds. The van der Waals surface area contributed by atoms with Gasteiger partial charge in [0.25, 0.3) is 0 Å². The number of nitrogens with one attached hydrogen (secondary N) is 1. The molecule has 3 rings (SSSR count). The van der Waals surface area contributed by atoms with E-state index in [1.165, 1.54) is 11.8 Å². The van der Waals surface area contributed by atoms with E-state index in [-0.39, 0.29) is 0 Å². The van der Waals surface area contributed by atoms with Gasteiger partial charge in [-0.15, -0.1) is 11.8 Å². The number of ketones is 1. The molecule has 39 heavy (non-hydrogen) atoms. The van der Waals surface area contributed by atoms with E-state index in [0.29, 0.717) is 18.6 Å². The van der Waals surface area contributed by atoms with E-state index >= 15 is 0 Å². The molecule has 3 aromatic rings. The molecule has 0 heterocycles. The lowest BCUT2D eigenvalue weighted by atomic mass is 9.92. The first-order valence-electron chi connectivity index (χ1n) is 12.8. The quantitative estimate of drug-likeness (QED) is 0.212. The molecule has 2 unspecified atom stereocenters. The van der Waals surface area contributed by atoms with Crippen molar-refractivity contribution in [1.82, 2.24) is 5.32 Å². The first kappa shape index (κ1) is 29.6. The van der Waals surface area contributed by atoms with E-state index in [0.717, 1.165) is 16.0 Å². The van der Waals surface area contributed by atoms with Gasteiger partial charge < -0.3 is 15.2 Å². The summed E-state index contributed by atoms with van der Waals surface area (Å²) in [4.78, 5) is 51.1. The number of aliphatic carboxylic acids is 1. The average Bonchev–Trinajstić information content (AvgIpc) is 2.95. The van der Waals surface area contributed by atoms with Crippen LogP contribution in [-0.4, -0.2) is 47.1 Å². The summed E-state index contributed by atoms with van der Waals surface area (Å²) >= 11 is 1.49. The Morgan fingerprint density at radius 1 is 0.821 bits per heavy atom. The Balaban J connectivity index is 1.60. The van der Waals surface area contributed by atoms with Gasteiger partial charge in [0, 0.05) is 16.6 Å². The predicted molar refractivity (Wildman–Crippen MR) is 150 cm³/mol. The van der Waals surface area contributed by atoms with Crippen LogP contribution in [0.2, 0.25) is 0 Å². The monoisotopic (exact) mass is 547 g/mol. The number of hydrogen-bond acceptors (Lipinski definition) is 6.